The van der Waals surface area contributed by atoms with Crippen LogP contribution in [0.5, 0.6) is 0 Å². The van der Waals surface area contributed by atoms with Crippen LogP contribution in [0.1, 0.15) is 20.7 Å². The smallest absolute Gasteiger partial charge is 0.340 e. The first kappa shape index (κ1) is 12.8. The van der Waals surface area contributed by atoms with Gasteiger partial charge in [0.15, 0.2) is 0 Å². The molecule has 0 saturated carbocycles. The van der Waals surface area contributed by atoms with Crippen molar-refractivity contribution in [2.24, 2.45) is 0 Å². The Kier molecular flexibility index (Phi) is 3.56. The fraction of sp³-hybridized carbons (Fsp3) is 0. The van der Waals surface area contributed by atoms with Gasteiger partial charge in [0.05, 0.1) is 5.69 Å². The molecule has 4 nitrogen and oxygen atoms in total. The van der Waals surface area contributed by atoms with Crippen LogP contribution >= 0.6 is 0 Å². The summed E-state index contributed by atoms with van der Waals surface area (Å²) < 4.78 is 13.4. The zero-order chi connectivity index (χ0) is 13.8. The van der Waals surface area contributed by atoms with Crippen molar-refractivity contribution in [3.05, 3.63) is 65.5 Å². The quantitative estimate of drug-likeness (QED) is 0.890. The molecule has 0 atom stereocenters. The zero-order valence-corrected chi connectivity index (χ0v) is 9.76. The lowest BCUT2D eigenvalue weighted by Crippen LogP contribution is -2.15. The Morgan fingerprint density at radius 2 is 1.68 bits per heavy atom. The predicted molar refractivity (Wildman–Crippen MR) is 67.8 cm³/mol. The summed E-state index contributed by atoms with van der Waals surface area (Å²) in [5.41, 5.74) is -0.253. The predicted octanol–water partition coefficient (Wildman–Crippen LogP) is 2.78. The molecule has 2 rings (SSSR count). The van der Waals surface area contributed by atoms with Crippen molar-refractivity contribution >= 4 is 17.6 Å². The average molecular weight is 259 g/mol. The molecule has 0 aliphatic rings. The Labute approximate surface area is 108 Å². The molecule has 0 saturated heterocycles. The number of anilines is 1. The van der Waals surface area contributed by atoms with Crippen LogP contribution in [0.4, 0.5) is 10.1 Å². The molecule has 2 N–H and O–H groups in total. The summed E-state index contributed by atoms with van der Waals surface area (Å²) in [5.74, 6) is -2.81. The van der Waals surface area contributed by atoms with Crippen molar-refractivity contribution in [2.45, 2.75) is 0 Å². The number of benzene rings is 2. The first-order valence-electron chi connectivity index (χ1n) is 5.48. The molecule has 0 bridgehead atoms. The Balaban J connectivity index is 2.32. The molecule has 0 fully saturated rings. The Morgan fingerprint density at radius 1 is 1.00 bits per heavy atom. The topological polar surface area (TPSA) is 66.4 Å². The van der Waals surface area contributed by atoms with Crippen LogP contribution in [0.2, 0.25) is 0 Å². The van der Waals surface area contributed by atoms with Gasteiger partial charge in [-0.05, 0) is 24.3 Å². The highest BCUT2D eigenvalue weighted by molar-refractivity contribution is 6.07. The molecule has 0 heterocycles. The number of aromatic carboxylic acids is 1. The molecular formula is C14H10FNO3. The standard InChI is InChI=1S/C14H10FNO3/c15-10-7-4-8-11(12(10)14(18)19)16-13(17)9-5-2-1-3-6-9/h1-8H,(H,16,17)(H,18,19). The van der Waals surface area contributed by atoms with Crippen LogP contribution in [0.3, 0.4) is 0 Å². The van der Waals surface area contributed by atoms with Crippen LogP contribution < -0.4 is 5.32 Å². The number of rotatable bonds is 3. The van der Waals surface area contributed by atoms with Crippen LogP contribution in [0.15, 0.2) is 48.5 Å². The lowest BCUT2D eigenvalue weighted by molar-refractivity contribution is 0.0693. The molecule has 1 amide bonds. The van der Waals surface area contributed by atoms with Crippen LogP contribution in [-0.4, -0.2) is 17.0 Å². The maximum Gasteiger partial charge on any atom is 0.340 e. The third kappa shape index (κ3) is 2.77. The van der Waals surface area contributed by atoms with Gasteiger partial charge >= 0.3 is 5.97 Å². The van der Waals surface area contributed by atoms with Crippen LogP contribution in [0.25, 0.3) is 0 Å². The molecule has 0 unspecified atom stereocenters. The van der Waals surface area contributed by atoms with Crippen LogP contribution in [0, 0.1) is 5.82 Å². The summed E-state index contributed by atoms with van der Waals surface area (Å²) in [6, 6.07) is 12.0. The average Bonchev–Trinajstić information content (AvgIpc) is 2.39. The first-order valence-corrected chi connectivity index (χ1v) is 5.48. The summed E-state index contributed by atoms with van der Waals surface area (Å²) in [6.45, 7) is 0. The van der Waals surface area contributed by atoms with E-state index in [1.807, 2.05) is 0 Å². The van der Waals surface area contributed by atoms with Crippen molar-refractivity contribution < 1.29 is 19.1 Å². The van der Waals surface area contributed by atoms with E-state index >= 15 is 0 Å². The molecule has 0 aliphatic heterocycles. The number of nitrogens with one attached hydrogen (secondary N) is 1. The summed E-state index contributed by atoms with van der Waals surface area (Å²) in [4.78, 5) is 22.8. The summed E-state index contributed by atoms with van der Waals surface area (Å²) in [7, 11) is 0. The zero-order valence-electron chi connectivity index (χ0n) is 9.76. The lowest BCUT2D eigenvalue weighted by Gasteiger charge is -2.09. The van der Waals surface area contributed by atoms with E-state index in [0.29, 0.717) is 5.56 Å². The molecule has 19 heavy (non-hydrogen) atoms. The van der Waals surface area contributed by atoms with E-state index in [-0.39, 0.29) is 5.69 Å². The maximum atomic E-state index is 13.4. The number of carboxylic acid groups (broad SMARTS) is 1. The highest BCUT2D eigenvalue weighted by atomic mass is 19.1. The SMILES string of the molecule is O=C(Nc1cccc(F)c1C(=O)O)c1ccccc1. The molecule has 2 aromatic carbocycles. The number of halogens is 1. The van der Waals surface area contributed by atoms with Gasteiger partial charge in [0, 0.05) is 5.56 Å². The minimum atomic E-state index is -1.43. The lowest BCUT2D eigenvalue weighted by atomic mass is 10.1. The third-order valence-corrected chi connectivity index (χ3v) is 2.51. The van der Waals surface area contributed by atoms with E-state index in [4.69, 9.17) is 5.11 Å². The normalized spacial score (nSPS) is 9.95. The molecular weight excluding hydrogens is 249 g/mol. The Hall–Kier alpha value is -2.69. The fourth-order valence-corrected chi connectivity index (χ4v) is 1.63. The second-order valence-electron chi connectivity index (χ2n) is 3.79. The van der Waals surface area contributed by atoms with E-state index < -0.39 is 23.3 Å². The van der Waals surface area contributed by atoms with Gasteiger partial charge in [-0.1, -0.05) is 24.3 Å². The van der Waals surface area contributed by atoms with Crippen molar-refractivity contribution in [3.8, 4) is 0 Å². The minimum Gasteiger partial charge on any atom is -0.478 e. The number of hydrogen-bond acceptors (Lipinski definition) is 2. The van der Waals surface area contributed by atoms with Gasteiger partial charge < -0.3 is 10.4 Å². The Morgan fingerprint density at radius 3 is 2.32 bits per heavy atom. The third-order valence-electron chi connectivity index (χ3n) is 2.51. The fourth-order valence-electron chi connectivity index (χ4n) is 1.63. The van der Waals surface area contributed by atoms with Crippen molar-refractivity contribution in [3.63, 3.8) is 0 Å². The number of carbonyl (C=O) groups excluding carboxylic acids is 1. The van der Waals surface area contributed by atoms with Crippen molar-refractivity contribution in [2.75, 3.05) is 5.32 Å². The van der Waals surface area contributed by atoms with E-state index in [9.17, 15) is 14.0 Å². The second-order valence-corrected chi connectivity index (χ2v) is 3.79. The van der Waals surface area contributed by atoms with Gasteiger partial charge in [0.2, 0.25) is 0 Å². The number of hydrogen-bond donors (Lipinski definition) is 2. The van der Waals surface area contributed by atoms with Gasteiger partial charge in [0.25, 0.3) is 5.91 Å². The monoisotopic (exact) mass is 259 g/mol. The van der Waals surface area contributed by atoms with E-state index in [2.05, 4.69) is 5.32 Å². The van der Waals surface area contributed by atoms with Gasteiger partial charge in [-0.15, -0.1) is 0 Å². The molecule has 2 aromatic rings. The highest BCUT2D eigenvalue weighted by Gasteiger charge is 2.17. The van der Waals surface area contributed by atoms with Gasteiger partial charge in [-0.2, -0.15) is 0 Å². The van der Waals surface area contributed by atoms with E-state index in [1.54, 1.807) is 30.3 Å². The van der Waals surface area contributed by atoms with E-state index in [1.165, 1.54) is 12.1 Å². The molecule has 0 radical (unpaired) electrons. The first-order chi connectivity index (χ1) is 9.09. The summed E-state index contributed by atoms with van der Waals surface area (Å²) >= 11 is 0. The summed E-state index contributed by atoms with van der Waals surface area (Å²) in [6.07, 6.45) is 0. The van der Waals surface area contributed by atoms with E-state index in [0.717, 1.165) is 6.07 Å². The molecule has 0 spiro atoms. The highest BCUT2D eigenvalue weighted by Crippen LogP contribution is 2.19. The molecule has 96 valence electrons. The van der Waals surface area contributed by atoms with Crippen LogP contribution in [-0.2, 0) is 0 Å². The molecule has 5 heteroatoms. The minimum absolute atomic E-state index is 0.0682. The van der Waals surface area contributed by atoms with Gasteiger partial charge in [-0.25, -0.2) is 9.18 Å². The summed E-state index contributed by atoms with van der Waals surface area (Å²) in [5, 5.41) is 11.3. The number of carboxylic acids is 1. The number of carbonyl (C=O) groups is 2. The largest absolute Gasteiger partial charge is 0.478 e. The van der Waals surface area contributed by atoms with Crippen molar-refractivity contribution in [1.82, 2.24) is 0 Å². The second kappa shape index (κ2) is 5.30. The molecule has 0 aliphatic carbocycles. The van der Waals surface area contributed by atoms with Crippen molar-refractivity contribution in [1.29, 1.82) is 0 Å². The maximum absolute atomic E-state index is 13.4. The molecule has 0 aromatic heterocycles. The van der Waals surface area contributed by atoms with Gasteiger partial charge in [-0.3, -0.25) is 4.79 Å². The number of amides is 1. The Bertz CT molecular complexity index is 626. The van der Waals surface area contributed by atoms with Gasteiger partial charge in [0.1, 0.15) is 11.4 Å².